The number of nitrogens with zero attached hydrogens (tertiary/aromatic N) is 2. The number of halogens is 1. The van der Waals surface area contributed by atoms with Crippen LogP contribution in [0.1, 0.15) is 39.7 Å². The average Bonchev–Trinajstić information content (AvgIpc) is 3.36. The summed E-state index contributed by atoms with van der Waals surface area (Å²) in [5.41, 5.74) is 4.14. The molecule has 2 atom stereocenters. The molecule has 1 amide bonds. The first kappa shape index (κ1) is 16.0. The zero-order valence-electron chi connectivity index (χ0n) is 14.5. The van der Waals surface area contributed by atoms with Crippen LogP contribution in [0.4, 0.5) is 4.39 Å². The Balaban J connectivity index is 1.62. The number of aryl methyl sites for hydroxylation is 1. The molecular weight excluding hydrogens is 343 g/mol. The summed E-state index contributed by atoms with van der Waals surface area (Å²) < 4.78 is 18.8. The van der Waals surface area contributed by atoms with Crippen LogP contribution >= 0.6 is 0 Å². The molecule has 1 aliphatic carbocycles. The van der Waals surface area contributed by atoms with Gasteiger partial charge in [0, 0.05) is 11.5 Å². The van der Waals surface area contributed by atoms with Crippen LogP contribution < -0.4 is 0 Å². The fourth-order valence-electron chi connectivity index (χ4n) is 4.14. The third-order valence-electron chi connectivity index (χ3n) is 5.38. The van der Waals surface area contributed by atoms with Gasteiger partial charge in [-0.1, -0.05) is 36.4 Å². The van der Waals surface area contributed by atoms with Crippen LogP contribution in [-0.2, 0) is 6.42 Å². The predicted octanol–water partition coefficient (Wildman–Crippen LogP) is 4.58. The van der Waals surface area contributed by atoms with Crippen molar-refractivity contribution in [3.8, 4) is 0 Å². The van der Waals surface area contributed by atoms with Gasteiger partial charge in [0.05, 0.1) is 18.0 Å². The number of benzene rings is 2. The van der Waals surface area contributed by atoms with Crippen LogP contribution in [0.2, 0.25) is 0 Å². The topological polar surface area (TPSA) is 45.8 Å². The molecule has 27 heavy (non-hydrogen) atoms. The maximum Gasteiger partial charge on any atom is 0.310 e. The number of amides is 1. The van der Waals surface area contributed by atoms with Crippen molar-refractivity contribution in [2.45, 2.75) is 18.9 Å². The monoisotopic (exact) mass is 360 g/mol. The molecule has 134 valence electrons. The second-order valence-corrected chi connectivity index (χ2v) is 6.91. The Labute approximate surface area is 155 Å². The first-order chi connectivity index (χ1) is 13.2. The maximum absolute atomic E-state index is 13.5. The van der Waals surface area contributed by atoms with E-state index in [-0.39, 0.29) is 29.4 Å². The van der Waals surface area contributed by atoms with Gasteiger partial charge in [-0.25, -0.2) is 9.40 Å². The van der Waals surface area contributed by atoms with Gasteiger partial charge < -0.3 is 4.42 Å². The third kappa shape index (κ3) is 2.58. The fourth-order valence-corrected chi connectivity index (χ4v) is 4.14. The van der Waals surface area contributed by atoms with Crippen LogP contribution in [0.25, 0.3) is 0 Å². The lowest BCUT2D eigenvalue weighted by Gasteiger charge is -2.29. The highest BCUT2D eigenvalue weighted by Crippen LogP contribution is 2.43. The molecule has 1 aromatic heterocycles. The van der Waals surface area contributed by atoms with E-state index >= 15 is 0 Å². The van der Waals surface area contributed by atoms with Gasteiger partial charge in [0.25, 0.3) is 0 Å². The minimum absolute atomic E-state index is 0.0734. The lowest BCUT2D eigenvalue weighted by molar-refractivity contribution is 0.0649. The van der Waals surface area contributed by atoms with Crippen molar-refractivity contribution in [3.63, 3.8) is 0 Å². The van der Waals surface area contributed by atoms with E-state index in [2.05, 4.69) is 12.1 Å². The van der Waals surface area contributed by atoms with E-state index in [0.29, 0.717) is 0 Å². The van der Waals surface area contributed by atoms with Crippen molar-refractivity contribution in [2.75, 3.05) is 0 Å². The molecule has 0 fully saturated rings. The number of furan rings is 1. The quantitative estimate of drug-likeness (QED) is 0.671. The highest BCUT2D eigenvalue weighted by Gasteiger charge is 2.44. The van der Waals surface area contributed by atoms with Crippen molar-refractivity contribution < 1.29 is 13.6 Å². The van der Waals surface area contributed by atoms with Crippen LogP contribution in [-0.4, -0.2) is 16.6 Å². The van der Waals surface area contributed by atoms with E-state index < -0.39 is 0 Å². The SMILES string of the molecule is O=C(c1ccco1)N1N=C2c3ccccc3CC[C@@H]2[C@@H]1c1ccc(F)cc1. The maximum atomic E-state index is 13.5. The molecule has 4 nitrogen and oxygen atoms in total. The molecule has 0 bridgehead atoms. The molecule has 2 aliphatic rings. The van der Waals surface area contributed by atoms with Gasteiger partial charge in [0.2, 0.25) is 0 Å². The Kier molecular flexibility index (Phi) is 3.67. The molecule has 0 radical (unpaired) electrons. The van der Waals surface area contributed by atoms with Crippen LogP contribution in [0.3, 0.4) is 0 Å². The van der Waals surface area contributed by atoms with Crippen molar-refractivity contribution >= 4 is 11.6 Å². The number of hydrazone groups is 1. The summed E-state index contributed by atoms with van der Waals surface area (Å²) in [5, 5.41) is 6.24. The van der Waals surface area contributed by atoms with Crippen molar-refractivity contribution in [3.05, 3.63) is 95.2 Å². The highest BCUT2D eigenvalue weighted by atomic mass is 19.1. The summed E-state index contributed by atoms with van der Waals surface area (Å²) in [7, 11) is 0. The average molecular weight is 360 g/mol. The van der Waals surface area contributed by atoms with Crippen LogP contribution in [0.15, 0.2) is 76.4 Å². The molecule has 5 heteroatoms. The van der Waals surface area contributed by atoms with Gasteiger partial charge >= 0.3 is 5.91 Å². The molecule has 3 aromatic rings. The first-order valence-electron chi connectivity index (χ1n) is 9.01. The second kappa shape index (κ2) is 6.20. The molecule has 0 spiro atoms. The van der Waals surface area contributed by atoms with Gasteiger partial charge in [-0.3, -0.25) is 4.79 Å². The molecule has 0 saturated heterocycles. The lowest BCUT2D eigenvalue weighted by Crippen LogP contribution is -2.32. The summed E-state index contributed by atoms with van der Waals surface area (Å²) in [6.07, 6.45) is 3.30. The van der Waals surface area contributed by atoms with E-state index in [9.17, 15) is 9.18 Å². The second-order valence-electron chi connectivity index (χ2n) is 6.91. The Morgan fingerprint density at radius 3 is 2.67 bits per heavy atom. The Morgan fingerprint density at radius 2 is 1.89 bits per heavy atom. The molecule has 1 aliphatic heterocycles. The standard InChI is InChI=1S/C22H17FN2O2/c23-16-10-7-15(8-11-16)21-18-12-9-14-4-1-2-5-17(14)20(18)24-25(21)22(26)19-6-3-13-27-19/h1-8,10-11,13,18,21H,9,12H2/t18-,21-/m0/s1. The third-order valence-corrected chi connectivity index (χ3v) is 5.38. The molecular formula is C22H17FN2O2. The first-order valence-corrected chi connectivity index (χ1v) is 9.01. The zero-order chi connectivity index (χ0) is 18.4. The van der Waals surface area contributed by atoms with E-state index in [1.165, 1.54) is 29.0 Å². The molecule has 2 aromatic carbocycles. The normalized spacial score (nSPS) is 20.8. The van der Waals surface area contributed by atoms with Crippen molar-refractivity contribution in [1.29, 1.82) is 0 Å². The Bertz CT molecular complexity index is 1020. The molecule has 2 heterocycles. The molecule has 0 saturated carbocycles. The number of hydrogen-bond acceptors (Lipinski definition) is 3. The van der Waals surface area contributed by atoms with Gasteiger partial charge in [0.1, 0.15) is 5.82 Å². The van der Waals surface area contributed by atoms with E-state index in [4.69, 9.17) is 9.52 Å². The van der Waals surface area contributed by atoms with Gasteiger partial charge in [-0.05, 0) is 48.2 Å². The smallest absolute Gasteiger partial charge is 0.310 e. The van der Waals surface area contributed by atoms with E-state index in [1.54, 1.807) is 24.3 Å². The predicted molar refractivity (Wildman–Crippen MR) is 98.8 cm³/mol. The number of carbonyl (C=O) groups excluding carboxylic acids is 1. The summed E-state index contributed by atoms with van der Waals surface area (Å²) in [6.45, 7) is 0. The van der Waals surface area contributed by atoms with Crippen LogP contribution in [0.5, 0.6) is 0 Å². The number of fused-ring (bicyclic) bond motifs is 3. The Hall–Kier alpha value is -3.21. The number of hydrogen-bond donors (Lipinski definition) is 0. The summed E-state index contributed by atoms with van der Waals surface area (Å²) in [6, 6.07) is 17.6. The van der Waals surface area contributed by atoms with Crippen molar-refractivity contribution in [2.24, 2.45) is 11.0 Å². The molecule has 0 N–H and O–H groups in total. The van der Waals surface area contributed by atoms with E-state index in [1.807, 2.05) is 12.1 Å². The zero-order valence-corrected chi connectivity index (χ0v) is 14.5. The number of carbonyl (C=O) groups is 1. The molecule has 5 rings (SSSR count). The largest absolute Gasteiger partial charge is 0.459 e. The van der Waals surface area contributed by atoms with E-state index in [0.717, 1.165) is 29.7 Å². The lowest BCUT2D eigenvalue weighted by atomic mass is 9.77. The van der Waals surface area contributed by atoms with Gasteiger partial charge in [-0.2, -0.15) is 5.10 Å². The van der Waals surface area contributed by atoms with Crippen molar-refractivity contribution in [1.82, 2.24) is 5.01 Å². The fraction of sp³-hybridized carbons (Fsp3) is 0.182. The van der Waals surface area contributed by atoms with Gasteiger partial charge in [-0.15, -0.1) is 0 Å². The number of rotatable bonds is 2. The molecule has 0 unspecified atom stereocenters. The Morgan fingerprint density at radius 1 is 1.07 bits per heavy atom. The minimum atomic E-state index is -0.296. The van der Waals surface area contributed by atoms with Crippen LogP contribution in [0, 0.1) is 11.7 Å². The van der Waals surface area contributed by atoms with Gasteiger partial charge in [0.15, 0.2) is 5.76 Å². The summed E-state index contributed by atoms with van der Waals surface area (Å²) >= 11 is 0. The summed E-state index contributed by atoms with van der Waals surface area (Å²) in [4.78, 5) is 13.1. The summed E-state index contributed by atoms with van der Waals surface area (Å²) in [5.74, 6) is -0.257. The highest BCUT2D eigenvalue weighted by molar-refractivity contribution is 6.07. The minimum Gasteiger partial charge on any atom is -0.459 e.